The third kappa shape index (κ3) is 3.41. The van der Waals surface area contributed by atoms with E-state index in [2.05, 4.69) is 18.7 Å². The topological polar surface area (TPSA) is 58.7 Å². The molecule has 0 bridgehead atoms. The van der Waals surface area contributed by atoms with E-state index in [1.807, 2.05) is 0 Å². The fourth-order valence-corrected chi connectivity index (χ4v) is 3.08. The molecule has 1 aliphatic carbocycles. The summed E-state index contributed by atoms with van der Waals surface area (Å²) in [6.45, 7) is 8.03. The van der Waals surface area contributed by atoms with Crippen molar-refractivity contribution in [3.63, 3.8) is 0 Å². The second kappa shape index (κ2) is 4.84. The van der Waals surface area contributed by atoms with Gasteiger partial charge in [0.1, 0.15) is 0 Å². The fourth-order valence-electron chi connectivity index (χ4n) is 3.08. The van der Waals surface area contributed by atoms with E-state index < -0.39 is 0 Å². The first kappa shape index (κ1) is 13.3. The monoisotopic (exact) mass is 242 g/mol. The summed E-state index contributed by atoms with van der Waals surface area (Å²) in [7, 11) is 0. The number of aliphatic hydroxyl groups is 1. The molecule has 0 aromatic carbocycles. The van der Waals surface area contributed by atoms with Gasteiger partial charge in [0.25, 0.3) is 0 Å². The SMILES string of the molecule is CC1(C)CN(CC2(CCN)CC2)CC(CO)O1. The summed E-state index contributed by atoms with van der Waals surface area (Å²) < 4.78 is 5.83. The summed E-state index contributed by atoms with van der Waals surface area (Å²) in [6, 6.07) is 0. The molecule has 4 nitrogen and oxygen atoms in total. The Hall–Kier alpha value is -0.160. The molecule has 0 amide bonds. The Labute approximate surface area is 104 Å². The molecule has 2 fully saturated rings. The van der Waals surface area contributed by atoms with E-state index in [-0.39, 0.29) is 18.3 Å². The van der Waals surface area contributed by atoms with Gasteiger partial charge >= 0.3 is 0 Å². The average molecular weight is 242 g/mol. The summed E-state index contributed by atoms with van der Waals surface area (Å²) in [5.41, 5.74) is 6.01. The largest absolute Gasteiger partial charge is 0.394 e. The van der Waals surface area contributed by atoms with Crippen molar-refractivity contribution in [2.45, 2.75) is 44.8 Å². The lowest BCUT2D eigenvalue weighted by Crippen LogP contribution is -2.55. The van der Waals surface area contributed by atoms with E-state index in [0.717, 1.165) is 32.6 Å². The van der Waals surface area contributed by atoms with Crippen LogP contribution in [0.4, 0.5) is 0 Å². The molecule has 4 heteroatoms. The number of ether oxygens (including phenoxy) is 1. The van der Waals surface area contributed by atoms with Crippen LogP contribution in [-0.2, 0) is 4.74 Å². The first-order valence-electron chi connectivity index (χ1n) is 6.70. The van der Waals surface area contributed by atoms with Crippen molar-refractivity contribution in [2.75, 3.05) is 32.8 Å². The van der Waals surface area contributed by atoms with Gasteiger partial charge in [-0.05, 0) is 45.1 Å². The second-order valence-corrected chi connectivity index (χ2v) is 6.39. The number of aliphatic hydroxyl groups excluding tert-OH is 1. The molecule has 0 aromatic heterocycles. The summed E-state index contributed by atoms with van der Waals surface area (Å²) in [6.07, 6.45) is 3.72. The van der Waals surface area contributed by atoms with Gasteiger partial charge in [-0.2, -0.15) is 0 Å². The molecule has 2 rings (SSSR count). The zero-order valence-electron chi connectivity index (χ0n) is 11.1. The molecule has 0 radical (unpaired) electrons. The van der Waals surface area contributed by atoms with Gasteiger partial charge in [0.05, 0.1) is 18.3 Å². The van der Waals surface area contributed by atoms with Gasteiger partial charge in [0.15, 0.2) is 0 Å². The highest BCUT2D eigenvalue weighted by atomic mass is 16.5. The summed E-state index contributed by atoms with van der Waals surface area (Å²) in [4.78, 5) is 2.45. The summed E-state index contributed by atoms with van der Waals surface area (Å²) in [5.74, 6) is 0. The van der Waals surface area contributed by atoms with E-state index >= 15 is 0 Å². The van der Waals surface area contributed by atoms with Crippen molar-refractivity contribution in [3.8, 4) is 0 Å². The van der Waals surface area contributed by atoms with E-state index in [0.29, 0.717) is 5.41 Å². The van der Waals surface area contributed by atoms with Crippen LogP contribution in [0.3, 0.4) is 0 Å². The quantitative estimate of drug-likeness (QED) is 0.741. The van der Waals surface area contributed by atoms with Gasteiger partial charge in [-0.15, -0.1) is 0 Å². The highest BCUT2D eigenvalue weighted by Gasteiger charge is 2.45. The van der Waals surface area contributed by atoms with Crippen LogP contribution in [0.1, 0.15) is 33.1 Å². The number of morpholine rings is 1. The zero-order chi connectivity index (χ0) is 12.5. The third-order valence-corrected chi connectivity index (χ3v) is 3.95. The fraction of sp³-hybridized carbons (Fsp3) is 1.00. The van der Waals surface area contributed by atoms with Crippen molar-refractivity contribution < 1.29 is 9.84 Å². The number of hydrogen-bond donors (Lipinski definition) is 2. The maximum Gasteiger partial charge on any atom is 0.0940 e. The summed E-state index contributed by atoms with van der Waals surface area (Å²) in [5, 5.41) is 9.29. The second-order valence-electron chi connectivity index (χ2n) is 6.39. The minimum absolute atomic E-state index is 0.0348. The van der Waals surface area contributed by atoms with Crippen molar-refractivity contribution in [3.05, 3.63) is 0 Å². The average Bonchev–Trinajstić information content (AvgIpc) is 2.95. The molecule has 1 saturated heterocycles. The Morgan fingerprint density at radius 2 is 2.12 bits per heavy atom. The predicted octanol–water partition coefficient (Wildman–Crippen LogP) is 0.587. The van der Waals surface area contributed by atoms with Crippen LogP contribution < -0.4 is 5.73 Å². The number of nitrogens with two attached hydrogens (primary N) is 1. The maximum atomic E-state index is 9.29. The minimum atomic E-state index is -0.148. The van der Waals surface area contributed by atoms with Crippen LogP contribution in [0, 0.1) is 5.41 Å². The molecule has 1 saturated carbocycles. The van der Waals surface area contributed by atoms with Crippen molar-refractivity contribution in [1.29, 1.82) is 0 Å². The molecule has 3 N–H and O–H groups in total. The molecular weight excluding hydrogens is 216 g/mol. The first-order chi connectivity index (χ1) is 7.99. The van der Waals surface area contributed by atoms with Crippen molar-refractivity contribution in [2.24, 2.45) is 11.1 Å². The molecule has 1 aliphatic heterocycles. The molecule has 0 spiro atoms. The molecule has 1 atom stereocenters. The predicted molar refractivity (Wildman–Crippen MR) is 67.8 cm³/mol. The lowest BCUT2D eigenvalue weighted by atomic mass is 9.98. The van der Waals surface area contributed by atoms with Gasteiger partial charge in [0.2, 0.25) is 0 Å². The van der Waals surface area contributed by atoms with E-state index in [1.54, 1.807) is 0 Å². The third-order valence-electron chi connectivity index (χ3n) is 3.95. The minimum Gasteiger partial charge on any atom is -0.394 e. The van der Waals surface area contributed by atoms with Crippen LogP contribution in [-0.4, -0.2) is 54.5 Å². The maximum absolute atomic E-state index is 9.29. The molecule has 100 valence electrons. The van der Waals surface area contributed by atoms with E-state index in [1.165, 1.54) is 12.8 Å². The van der Waals surface area contributed by atoms with Gasteiger partial charge in [0, 0.05) is 19.6 Å². The highest BCUT2D eigenvalue weighted by Crippen LogP contribution is 2.49. The summed E-state index contributed by atoms with van der Waals surface area (Å²) >= 11 is 0. The Morgan fingerprint density at radius 1 is 1.41 bits per heavy atom. The van der Waals surface area contributed by atoms with Crippen LogP contribution in [0.5, 0.6) is 0 Å². The lowest BCUT2D eigenvalue weighted by Gasteiger charge is -2.43. The molecule has 2 aliphatic rings. The van der Waals surface area contributed by atoms with Crippen molar-refractivity contribution >= 4 is 0 Å². The van der Waals surface area contributed by atoms with Gasteiger partial charge in [-0.1, -0.05) is 0 Å². The number of rotatable bonds is 5. The molecule has 1 unspecified atom stereocenters. The highest BCUT2D eigenvalue weighted by molar-refractivity contribution is 4.97. The number of nitrogens with zero attached hydrogens (tertiary/aromatic N) is 1. The molecular formula is C13H26N2O2. The number of hydrogen-bond acceptors (Lipinski definition) is 4. The van der Waals surface area contributed by atoms with Crippen LogP contribution in [0.25, 0.3) is 0 Å². The van der Waals surface area contributed by atoms with Crippen LogP contribution in [0.2, 0.25) is 0 Å². The molecule has 17 heavy (non-hydrogen) atoms. The van der Waals surface area contributed by atoms with Gasteiger partial charge < -0.3 is 15.6 Å². The zero-order valence-corrected chi connectivity index (χ0v) is 11.1. The Bertz CT molecular complexity index is 264. The first-order valence-corrected chi connectivity index (χ1v) is 6.70. The molecule has 0 aromatic rings. The van der Waals surface area contributed by atoms with E-state index in [4.69, 9.17) is 10.5 Å². The van der Waals surface area contributed by atoms with E-state index in [9.17, 15) is 5.11 Å². The standard InChI is InChI=1S/C13H26N2O2/c1-12(2)9-15(7-11(8-16)17-12)10-13(3-4-13)5-6-14/h11,16H,3-10,14H2,1-2H3. The van der Waals surface area contributed by atoms with Crippen molar-refractivity contribution in [1.82, 2.24) is 4.90 Å². The lowest BCUT2D eigenvalue weighted by molar-refractivity contribution is -0.151. The van der Waals surface area contributed by atoms with Crippen LogP contribution >= 0.6 is 0 Å². The van der Waals surface area contributed by atoms with Crippen LogP contribution in [0.15, 0.2) is 0 Å². The normalized spacial score (nSPS) is 31.4. The Morgan fingerprint density at radius 3 is 2.65 bits per heavy atom. The Balaban J connectivity index is 1.92. The molecule has 1 heterocycles. The van der Waals surface area contributed by atoms with Gasteiger partial charge in [-0.25, -0.2) is 0 Å². The Kier molecular flexibility index (Phi) is 3.78. The van der Waals surface area contributed by atoms with Gasteiger partial charge in [-0.3, -0.25) is 4.90 Å². The smallest absolute Gasteiger partial charge is 0.0940 e.